The lowest BCUT2D eigenvalue weighted by Crippen LogP contribution is -2.32. The third-order valence-corrected chi connectivity index (χ3v) is 7.51. The van der Waals surface area contributed by atoms with Crippen molar-refractivity contribution in [2.75, 3.05) is 19.0 Å². The van der Waals surface area contributed by atoms with Crippen molar-refractivity contribution in [1.29, 1.82) is 0 Å². The topological polar surface area (TPSA) is 116 Å². The maximum Gasteiger partial charge on any atom is 0.242 e. The van der Waals surface area contributed by atoms with E-state index in [-0.39, 0.29) is 17.3 Å². The number of ketones is 1. The molecule has 0 fully saturated rings. The number of aromatic amines is 1. The van der Waals surface area contributed by atoms with Gasteiger partial charge < -0.3 is 4.90 Å². The average Bonchev–Trinajstić information content (AvgIpc) is 3.29. The summed E-state index contributed by atoms with van der Waals surface area (Å²) in [6.45, 7) is 1.89. The quantitative estimate of drug-likeness (QED) is 0.337. The molecule has 9 nitrogen and oxygen atoms in total. The molecule has 34 heavy (non-hydrogen) atoms. The highest BCUT2D eigenvalue weighted by molar-refractivity contribution is 7.89. The van der Waals surface area contributed by atoms with E-state index in [9.17, 15) is 18.0 Å². The van der Waals surface area contributed by atoms with E-state index >= 15 is 0 Å². The number of carbonyl (C=O) groups is 2. The molecule has 12 heteroatoms. The van der Waals surface area contributed by atoms with Gasteiger partial charge in [-0.2, -0.15) is 5.10 Å². The normalized spacial score (nSPS) is 11.6. The highest BCUT2D eigenvalue weighted by Crippen LogP contribution is 2.27. The van der Waals surface area contributed by atoms with Crippen LogP contribution in [0.3, 0.4) is 0 Å². The number of Topliss-reactive ketones (excluding diaryl/α,β-unsaturated/α-hetero) is 1. The summed E-state index contributed by atoms with van der Waals surface area (Å²) in [6.07, 6.45) is 0.0534. The number of halogens is 2. The van der Waals surface area contributed by atoms with E-state index in [0.717, 1.165) is 4.31 Å². The molecular weight excluding hydrogens is 501 g/mol. The Morgan fingerprint density at radius 1 is 1.06 bits per heavy atom. The van der Waals surface area contributed by atoms with Crippen LogP contribution in [0.25, 0.3) is 0 Å². The van der Waals surface area contributed by atoms with Crippen LogP contribution in [0.15, 0.2) is 47.4 Å². The van der Waals surface area contributed by atoms with Crippen molar-refractivity contribution < 1.29 is 18.0 Å². The predicted molar refractivity (Wildman–Crippen MR) is 130 cm³/mol. The fourth-order valence-corrected chi connectivity index (χ4v) is 4.32. The van der Waals surface area contributed by atoms with Gasteiger partial charge in [0.15, 0.2) is 0 Å². The molecule has 0 bridgehead atoms. The number of rotatable bonds is 9. The number of benzene rings is 2. The summed E-state index contributed by atoms with van der Waals surface area (Å²) in [5, 5.41) is 7.18. The molecule has 1 amide bonds. The minimum Gasteiger partial charge on any atom is -0.308 e. The Morgan fingerprint density at radius 2 is 1.79 bits per heavy atom. The van der Waals surface area contributed by atoms with Gasteiger partial charge in [0.05, 0.1) is 27.9 Å². The molecule has 0 atom stereocenters. The lowest BCUT2D eigenvalue weighted by molar-refractivity contribution is -0.117. The van der Waals surface area contributed by atoms with Crippen molar-refractivity contribution in [3.63, 3.8) is 0 Å². The van der Waals surface area contributed by atoms with E-state index in [4.69, 9.17) is 23.2 Å². The first-order valence-corrected chi connectivity index (χ1v) is 12.4. The van der Waals surface area contributed by atoms with Gasteiger partial charge in [-0.1, -0.05) is 42.3 Å². The van der Waals surface area contributed by atoms with Gasteiger partial charge in [0.25, 0.3) is 0 Å². The molecule has 0 spiro atoms. The summed E-state index contributed by atoms with van der Waals surface area (Å²) < 4.78 is 26.3. The highest BCUT2D eigenvalue weighted by Gasteiger charge is 2.25. The Hall–Kier alpha value is -2.79. The van der Waals surface area contributed by atoms with Gasteiger partial charge in [-0.25, -0.2) is 17.7 Å². The summed E-state index contributed by atoms with van der Waals surface area (Å²) in [5.41, 5.74) is 0.943. The Morgan fingerprint density at radius 3 is 2.41 bits per heavy atom. The minimum atomic E-state index is -3.74. The van der Waals surface area contributed by atoms with Crippen LogP contribution < -0.4 is 4.90 Å². The molecule has 0 saturated heterocycles. The summed E-state index contributed by atoms with van der Waals surface area (Å²) in [4.78, 5) is 31.3. The summed E-state index contributed by atoms with van der Waals surface area (Å²) in [7, 11) is -0.909. The van der Waals surface area contributed by atoms with Crippen molar-refractivity contribution in [2.24, 2.45) is 0 Å². The summed E-state index contributed by atoms with van der Waals surface area (Å²) in [5.74, 6) is -0.663. The van der Waals surface area contributed by atoms with Gasteiger partial charge in [0, 0.05) is 26.2 Å². The molecule has 0 unspecified atom stereocenters. The zero-order valence-corrected chi connectivity index (χ0v) is 21.1. The number of nitrogens with one attached hydrogen (secondary N) is 1. The predicted octanol–water partition coefficient (Wildman–Crippen LogP) is 3.73. The number of aryl methyl sites for hydroxylation is 1. The molecule has 0 aliphatic rings. The molecule has 1 heterocycles. The van der Waals surface area contributed by atoms with Crippen LogP contribution in [-0.4, -0.2) is 53.7 Å². The fraction of sp³-hybridized carbons (Fsp3) is 0.273. The van der Waals surface area contributed by atoms with Crippen molar-refractivity contribution in [3.05, 3.63) is 69.7 Å². The van der Waals surface area contributed by atoms with E-state index in [0.29, 0.717) is 33.5 Å². The third-order valence-electron chi connectivity index (χ3n) is 4.96. The van der Waals surface area contributed by atoms with Crippen LogP contribution in [0, 0.1) is 0 Å². The van der Waals surface area contributed by atoms with Crippen LogP contribution in [-0.2, 0) is 27.8 Å². The first kappa shape index (κ1) is 25.8. The molecule has 0 aliphatic heterocycles. The first-order chi connectivity index (χ1) is 16.0. The molecule has 0 radical (unpaired) electrons. The van der Waals surface area contributed by atoms with E-state index in [1.807, 2.05) is 6.92 Å². The SMILES string of the molecule is CCc1nc(C(=O)CC(=O)N(Cc2ccc(Cl)c(Cl)c2)c2cccc(S(=O)(=O)N(C)C)c2)n[nH]1. The van der Waals surface area contributed by atoms with Crippen molar-refractivity contribution >= 4 is 50.6 Å². The molecule has 180 valence electrons. The third kappa shape index (κ3) is 5.82. The van der Waals surface area contributed by atoms with Crippen LogP contribution in [0.2, 0.25) is 10.0 Å². The van der Waals surface area contributed by atoms with Gasteiger partial charge in [-0.15, -0.1) is 0 Å². The largest absolute Gasteiger partial charge is 0.308 e. The van der Waals surface area contributed by atoms with Crippen LogP contribution in [0.1, 0.15) is 35.4 Å². The van der Waals surface area contributed by atoms with Crippen molar-refractivity contribution in [2.45, 2.75) is 31.2 Å². The Bertz CT molecular complexity index is 1320. The van der Waals surface area contributed by atoms with Crippen LogP contribution in [0.4, 0.5) is 5.69 Å². The number of hydrogen-bond donors (Lipinski definition) is 1. The van der Waals surface area contributed by atoms with Crippen molar-refractivity contribution in [3.8, 4) is 0 Å². The van der Waals surface area contributed by atoms with Gasteiger partial charge >= 0.3 is 0 Å². The minimum absolute atomic E-state index is 0.00909. The second-order valence-corrected chi connectivity index (χ2v) is 10.5. The number of sulfonamides is 1. The van der Waals surface area contributed by atoms with Gasteiger partial charge in [-0.3, -0.25) is 14.7 Å². The molecule has 3 rings (SSSR count). The summed E-state index contributed by atoms with van der Waals surface area (Å²) in [6, 6.07) is 10.8. The first-order valence-electron chi connectivity index (χ1n) is 10.2. The number of hydrogen-bond acceptors (Lipinski definition) is 6. The van der Waals surface area contributed by atoms with E-state index < -0.39 is 28.1 Å². The van der Waals surface area contributed by atoms with Crippen LogP contribution in [0.5, 0.6) is 0 Å². The number of amides is 1. The summed E-state index contributed by atoms with van der Waals surface area (Å²) >= 11 is 12.1. The Kier molecular flexibility index (Phi) is 8.09. The number of H-pyrrole nitrogens is 1. The lowest BCUT2D eigenvalue weighted by atomic mass is 10.1. The highest BCUT2D eigenvalue weighted by atomic mass is 35.5. The maximum atomic E-state index is 13.3. The van der Waals surface area contributed by atoms with Crippen LogP contribution >= 0.6 is 23.2 Å². The number of carbonyl (C=O) groups excluding carboxylic acids is 2. The number of anilines is 1. The van der Waals surface area contributed by atoms with Gasteiger partial charge in [0.1, 0.15) is 5.82 Å². The Balaban J connectivity index is 1.97. The second kappa shape index (κ2) is 10.6. The maximum absolute atomic E-state index is 13.3. The average molecular weight is 524 g/mol. The molecule has 3 aromatic rings. The van der Waals surface area contributed by atoms with Gasteiger partial charge in [0.2, 0.25) is 27.5 Å². The van der Waals surface area contributed by atoms with E-state index in [2.05, 4.69) is 15.2 Å². The number of aromatic nitrogens is 3. The smallest absolute Gasteiger partial charge is 0.242 e. The molecule has 2 aromatic carbocycles. The fourth-order valence-electron chi connectivity index (χ4n) is 3.06. The lowest BCUT2D eigenvalue weighted by Gasteiger charge is -2.24. The molecule has 0 saturated carbocycles. The zero-order valence-electron chi connectivity index (χ0n) is 18.7. The molecule has 1 aromatic heterocycles. The van der Waals surface area contributed by atoms with E-state index in [1.165, 1.54) is 37.2 Å². The molecular formula is C22H23Cl2N5O4S. The molecule has 0 aliphatic carbocycles. The second-order valence-electron chi connectivity index (χ2n) is 7.57. The standard InChI is InChI=1S/C22H23Cl2N5O4S/c1-4-20-25-22(27-26-20)19(30)12-21(31)29(13-14-8-9-17(23)18(24)10-14)15-6-5-7-16(11-15)34(32,33)28(2)3/h5-11H,4,12-13H2,1-3H3,(H,25,26,27). The van der Waals surface area contributed by atoms with Gasteiger partial charge in [-0.05, 0) is 35.9 Å². The Labute approximate surface area is 207 Å². The zero-order chi connectivity index (χ0) is 25.0. The van der Waals surface area contributed by atoms with Crippen molar-refractivity contribution in [1.82, 2.24) is 19.5 Å². The number of nitrogens with zero attached hydrogens (tertiary/aromatic N) is 4. The molecule has 1 N–H and O–H groups in total. The van der Waals surface area contributed by atoms with E-state index in [1.54, 1.807) is 24.3 Å². The monoisotopic (exact) mass is 523 g/mol.